The molecule has 1 aliphatic carbocycles. The van der Waals surface area contributed by atoms with Crippen molar-refractivity contribution in [2.24, 2.45) is 17.8 Å². The Morgan fingerprint density at radius 3 is 2.30 bits per heavy atom. The molecule has 2 aromatic rings. The molecule has 3 atom stereocenters. The molecule has 30 heavy (non-hydrogen) atoms. The van der Waals surface area contributed by atoms with Crippen molar-refractivity contribution >= 4 is 34.9 Å². The summed E-state index contributed by atoms with van der Waals surface area (Å²) in [6.07, 6.45) is 5.46. The quantitative estimate of drug-likeness (QED) is 0.566. The van der Waals surface area contributed by atoms with E-state index in [2.05, 4.69) is 14.9 Å². The van der Waals surface area contributed by atoms with Crippen LogP contribution in [0.15, 0.2) is 41.8 Å². The molecule has 2 aliphatic rings. The van der Waals surface area contributed by atoms with Gasteiger partial charge in [-0.3, -0.25) is 19.3 Å². The van der Waals surface area contributed by atoms with Gasteiger partial charge in [-0.15, -0.1) is 5.10 Å². The lowest BCUT2D eigenvalue weighted by molar-refractivity contribution is -0.147. The molecule has 1 aliphatic heterocycles. The maximum absolute atomic E-state index is 13.2. The second-order valence-electron chi connectivity index (χ2n) is 8.20. The highest BCUT2D eigenvalue weighted by atomic mass is 32.1. The molecule has 1 N–H and O–H groups in total. The van der Waals surface area contributed by atoms with E-state index in [4.69, 9.17) is 0 Å². The van der Waals surface area contributed by atoms with Crippen LogP contribution in [0.25, 0.3) is 11.3 Å². The smallest absolute Gasteiger partial charge is 0.247 e. The van der Waals surface area contributed by atoms with Gasteiger partial charge in [0.1, 0.15) is 11.7 Å². The molecule has 2 heterocycles. The van der Waals surface area contributed by atoms with Crippen molar-refractivity contribution in [3.8, 4) is 11.3 Å². The van der Waals surface area contributed by atoms with E-state index in [0.717, 1.165) is 11.3 Å². The minimum atomic E-state index is -0.807. The Morgan fingerprint density at radius 2 is 1.77 bits per heavy atom. The number of nitrogens with zero attached hydrogens (tertiary/aromatic N) is 3. The highest BCUT2D eigenvalue weighted by Crippen LogP contribution is 2.37. The Labute approximate surface area is 179 Å². The Hall–Kier alpha value is -2.87. The second kappa shape index (κ2) is 8.47. The van der Waals surface area contributed by atoms with Gasteiger partial charge in [-0.2, -0.15) is 0 Å². The number of anilines is 1. The summed E-state index contributed by atoms with van der Waals surface area (Å²) in [5.41, 5.74) is 2.29. The zero-order chi connectivity index (χ0) is 21.3. The van der Waals surface area contributed by atoms with E-state index >= 15 is 0 Å². The number of carbonyl (C=O) groups excluding carboxylic acids is 3. The highest BCUT2D eigenvalue weighted by Gasteiger charge is 2.51. The molecule has 0 radical (unpaired) electrons. The first-order valence-corrected chi connectivity index (χ1v) is 11.0. The third-order valence-corrected chi connectivity index (χ3v) is 6.16. The van der Waals surface area contributed by atoms with Crippen molar-refractivity contribution in [1.82, 2.24) is 14.5 Å². The third-order valence-electron chi connectivity index (χ3n) is 5.66. The molecule has 7 nitrogen and oxygen atoms in total. The zero-order valence-electron chi connectivity index (χ0n) is 16.9. The largest absolute Gasteiger partial charge is 0.324 e. The number of rotatable bonds is 6. The number of benzene rings is 1. The minimum absolute atomic E-state index is 0.154. The fraction of sp³-hybridized carbons (Fsp3) is 0.409. The predicted molar refractivity (Wildman–Crippen MR) is 114 cm³/mol. The SMILES string of the molecule is CC(C)CC(C(=O)Nc1ccc(-c2csnn2)cc1)N1C(=O)C2CC=CCC2C1=O. The molecule has 1 fully saturated rings. The number of amides is 3. The number of hydrogen-bond acceptors (Lipinski definition) is 6. The third kappa shape index (κ3) is 3.92. The fourth-order valence-electron chi connectivity index (χ4n) is 4.15. The number of likely N-dealkylation sites (tertiary alicyclic amines) is 1. The van der Waals surface area contributed by atoms with E-state index in [1.165, 1.54) is 16.4 Å². The van der Waals surface area contributed by atoms with Crippen molar-refractivity contribution in [2.75, 3.05) is 5.32 Å². The molecule has 4 rings (SSSR count). The standard InChI is InChI=1S/C22H24N4O3S/c1-13(2)11-19(26-21(28)16-5-3-4-6-17(16)22(26)29)20(27)23-15-9-7-14(8-10-15)18-12-30-25-24-18/h3-4,7-10,12-13,16-17,19H,5-6,11H2,1-2H3,(H,23,27). The summed E-state index contributed by atoms with van der Waals surface area (Å²) in [4.78, 5) is 40.4. The summed E-state index contributed by atoms with van der Waals surface area (Å²) >= 11 is 1.28. The van der Waals surface area contributed by atoms with Gasteiger partial charge in [-0.05, 0) is 48.8 Å². The van der Waals surface area contributed by atoms with E-state index < -0.39 is 6.04 Å². The maximum atomic E-state index is 13.2. The first-order valence-electron chi connectivity index (χ1n) is 10.2. The van der Waals surface area contributed by atoms with Gasteiger partial charge in [0.2, 0.25) is 17.7 Å². The van der Waals surface area contributed by atoms with Gasteiger partial charge in [0, 0.05) is 16.6 Å². The molecular weight excluding hydrogens is 400 g/mol. The van der Waals surface area contributed by atoms with Gasteiger partial charge < -0.3 is 5.32 Å². The predicted octanol–water partition coefficient (Wildman–Crippen LogP) is 3.51. The number of allylic oxidation sites excluding steroid dienone is 2. The molecule has 0 bridgehead atoms. The van der Waals surface area contributed by atoms with E-state index in [9.17, 15) is 14.4 Å². The average Bonchev–Trinajstić information content (AvgIpc) is 3.35. The molecule has 0 spiro atoms. The number of carbonyl (C=O) groups is 3. The van der Waals surface area contributed by atoms with E-state index in [1.54, 1.807) is 12.1 Å². The van der Waals surface area contributed by atoms with Crippen LogP contribution in [0.1, 0.15) is 33.1 Å². The van der Waals surface area contributed by atoms with Crippen LogP contribution in [-0.2, 0) is 14.4 Å². The minimum Gasteiger partial charge on any atom is -0.324 e. The first kappa shape index (κ1) is 20.4. The van der Waals surface area contributed by atoms with Gasteiger partial charge in [-0.25, -0.2) is 0 Å². The van der Waals surface area contributed by atoms with Crippen molar-refractivity contribution in [3.05, 3.63) is 41.8 Å². The second-order valence-corrected chi connectivity index (χ2v) is 8.81. The lowest BCUT2D eigenvalue weighted by Gasteiger charge is -2.27. The summed E-state index contributed by atoms with van der Waals surface area (Å²) in [6, 6.07) is 6.48. The average molecular weight is 425 g/mol. The summed E-state index contributed by atoms with van der Waals surface area (Å²) in [5, 5.41) is 8.77. The number of nitrogens with one attached hydrogen (secondary N) is 1. The number of imide groups is 1. The highest BCUT2D eigenvalue weighted by molar-refractivity contribution is 7.03. The van der Waals surface area contributed by atoms with E-state index in [-0.39, 0.29) is 35.5 Å². The van der Waals surface area contributed by atoms with Crippen molar-refractivity contribution in [3.63, 3.8) is 0 Å². The van der Waals surface area contributed by atoms with Crippen LogP contribution >= 0.6 is 11.5 Å². The summed E-state index contributed by atoms with van der Waals surface area (Å²) in [7, 11) is 0. The van der Waals surface area contributed by atoms with Crippen molar-refractivity contribution in [1.29, 1.82) is 0 Å². The van der Waals surface area contributed by atoms with Crippen LogP contribution in [0, 0.1) is 17.8 Å². The van der Waals surface area contributed by atoms with Crippen molar-refractivity contribution in [2.45, 2.75) is 39.2 Å². The van der Waals surface area contributed by atoms with Gasteiger partial charge in [-0.1, -0.05) is 42.6 Å². The molecule has 1 aromatic carbocycles. The Bertz CT molecular complexity index is 943. The molecule has 3 unspecified atom stereocenters. The number of fused-ring (bicyclic) bond motifs is 1. The van der Waals surface area contributed by atoms with Crippen molar-refractivity contribution < 1.29 is 14.4 Å². The van der Waals surface area contributed by atoms with Crippen LogP contribution in [0.4, 0.5) is 5.69 Å². The zero-order valence-corrected chi connectivity index (χ0v) is 17.8. The summed E-state index contributed by atoms with van der Waals surface area (Å²) in [6.45, 7) is 3.97. The molecule has 0 saturated carbocycles. The van der Waals surface area contributed by atoms with Crippen LogP contribution < -0.4 is 5.32 Å². The fourth-order valence-corrected chi connectivity index (χ4v) is 4.61. The number of hydrogen-bond donors (Lipinski definition) is 1. The monoisotopic (exact) mass is 424 g/mol. The van der Waals surface area contributed by atoms with Gasteiger partial charge in [0.25, 0.3) is 0 Å². The van der Waals surface area contributed by atoms with Crippen LogP contribution in [-0.4, -0.2) is 38.3 Å². The topological polar surface area (TPSA) is 92.3 Å². The normalized spacial score (nSPS) is 21.8. The Balaban J connectivity index is 1.53. The Morgan fingerprint density at radius 1 is 1.13 bits per heavy atom. The van der Waals surface area contributed by atoms with E-state index in [1.807, 2.05) is 43.5 Å². The van der Waals surface area contributed by atoms with Crippen LogP contribution in [0.5, 0.6) is 0 Å². The number of aromatic nitrogens is 2. The molecular formula is C22H24N4O3S. The molecule has 1 aromatic heterocycles. The summed E-state index contributed by atoms with van der Waals surface area (Å²) < 4.78 is 3.86. The Kier molecular flexibility index (Phi) is 5.76. The summed E-state index contributed by atoms with van der Waals surface area (Å²) in [5.74, 6) is -1.29. The van der Waals surface area contributed by atoms with Gasteiger partial charge in [0.15, 0.2) is 0 Å². The maximum Gasteiger partial charge on any atom is 0.247 e. The first-order chi connectivity index (χ1) is 14.5. The lowest BCUT2D eigenvalue weighted by atomic mass is 9.85. The molecule has 8 heteroatoms. The molecule has 3 amide bonds. The molecule has 1 saturated heterocycles. The van der Waals surface area contributed by atoms with E-state index in [0.29, 0.717) is 24.9 Å². The van der Waals surface area contributed by atoms with Crippen LogP contribution in [0.3, 0.4) is 0 Å². The van der Waals surface area contributed by atoms with Gasteiger partial charge >= 0.3 is 0 Å². The van der Waals surface area contributed by atoms with Crippen LogP contribution in [0.2, 0.25) is 0 Å². The molecule has 156 valence electrons. The van der Waals surface area contributed by atoms with Gasteiger partial charge in [0.05, 0.1) is 11.8 Å². The lowest BCUT2D eigenvalue weighted by Crippen LogP contribution is -2.48.